The lowest BCUT2D eigenvalue weighted by Crippen LogP contribution is -2.34. The molecule has 3 aromatic rings. The van der Waals surface area contributed by atoms with Crippen molar-refractivity contribution in [2.75, 3.05) is 27.9 Å². The Morgan fingerprint density at radius 1 is 0.892 bits per heavy atom. The number of nitrogens with one attached hydrogen (secondary N) is 2. The van der Waals surface area contributed by atoms with Gasteiger partial charge >= 0.3 is 5.97 Å². The molecule has 37 heavy (non-hydrogen) atoms. The summed E-state index contributed by atoms with van der Waals surface area (Å²) in [6.07, 6.45) is 1.37. The molecule has 2 amide bonds. The fourth-order valence-corrected chi connectivity index (χ4v) is 3.10. The number of rotatable bonds is 10. The number of ether oxygens (including phenoxy) is 4. The number of benzene rings is 3. The highest BCUT2D eigenvalue weighted by atomic mass is 19.1. The minimum absolute atomic E-state index is 0.0994. The summed E-state index contributed by atoms with van der Waals surface area (Å²) in [5.74, 6) is -1.08. The van der Waals surface area contributed by atoms with Crippen molar-refractivity contribution in [3.05, 3.63) is 83.2 Å². The third-order valence-corrected chi connectivity index (χ3v) is 4.89. The van der Waals surface area contributed by atoms with Crippen molar-refractivity contribution >= 4 is 24.0 Å². The molecule has 3 rings (SSSR count). The van der Waals surface area contributed by atoms with Gasteiger partial charge in [-0.05, 0) is 60.2 Å². The monoisotopic (exact) mass is 509 g/mol. The normalized spacial score (nSPS) is 10.5. The molecule has 0 fully saturated rings. The van der Waals surface area contributed by atoms with E-state index in [1.165, 1.54) is 57.9 Å². The zero-order chi connectivity index (χ0) is 26.8. The van der Waals surface area contributed by atoms with Crippen LogP contribution in [-0.4, -0.2) is 51.9 Å². The standard InChI is InChI=1S/C26H24FN3O7/c1-34-21-12-18(13-22(35-2)24(21)36-3)26(33)37-20-9-7-16(8-10-20)14-29-30-23(31)15-28-25(32)17-5-4-6-19(27)11-17/h4-14H,15H2,1-3H3,(H,28,32)(H,30,31). The summed E-state index contributed by atoms with van der Waals surface area (Å²) in [6.45, 7) is -0.345. The van der Waals surface area contributed by atoms with Crippen LogP contribution in [0, 0.1) is 5.82 Å². The lowest BCUT2D eigenvalue weighted by atomic mass is 10.2. The van der Waals surface area contributed by atoms with Crippen molar-refractivity contribution in [1.82, 2.24) is 10.7 Å². The fourth-order valence-electron chi connectivity index (χ4n) is 3.10. The van der Waals surface area contributed by atoms with Gasteiger partial charge < -0.3 is 24.3 Å². The number of hydrazone groups is 1. The van der Waals surface area contributed by atoms with Crippen LogP contribution in [0.4, 0.5) is 4.39 Å². The Balaban J connectivity index is 1.52. The highest BCUT2D eigenvalue weighted by molar-refractivity contribution is 5.96. The molecule has 0 saturated heterocycles. The Morgan fingerprint density at radius 2 is 1.57 bits per heavy atom. The van der Waals surface area contributed by atoms with Crippen molar-refractivity contribution < 1.29 is 37.7 Å². The molecule has 3 aromatic carbocycles. The number of hydrogen-bond acceptors (Lipinski definition) is 8. The van der Waals surface area contributed by atoms with Crippen LogP contribution in [0.15, 0.2) is 65.8 Å². The molecule has 0 aromatic heterocycles. The molecule has 192 valence electrons. The first-order valence-corrected chi connectivity index (χ1v) is 10.8. The number of hydrogen-bond donors (Lipinski definition) is 2. The van der Waals surface area contributed by atoms with E-state index in [1.54, 1.807) is 24.3 Å². The number of nitrogens with zero attached hydrogens (tertiary/aromatic N) is 1. The molecule has 0 atom stereocenters. The summed E-state index contributed by atoms with van der Waals surface area (Å²) in [5, 5.41) is 6.19. The van der Waals surface area contributed by atoms with Crippen LogP contribution >= 0.6 is 0 Å². The average Bonchev–Trinajstić information content (AvgIpc) is 2.91. The van der Waals surface area contributed by atoms with E-state index in [-0.39, 0.29) is 23.4 Å². The summed E-state index contributed by atoms with van der Waals surface area (Å²) in [4.78, 5) is 36.4. The summed E-state index contributed by atoms with van der Waals surface area (Å²) >= 11 is 0. The Hall–Kier alpha value is -4.93. The Labute approximate surface area is 212 Å². The van der Waals surface area contributed by atoms with Gasteiger partial charge in [-0.25, -0.2) is 14.6 Å². The minimum Gasteiger partial charge on any atom is -0.493 e. The Morgan fingerprint density at radius 3 is 2.16 bits per heavy atom. The van der Waals surface area contributed by atoms with Crippen LogP contribution in [-0.2, 0) is 4.79 Å². The van der Waals surface area contributed by atoms with Gasteiger partial charge in [0.25, 0.3) is 11.8 Å². The molecule has 2 N–H and O–H groups in total. The number of carbonyl (C=O) groups is 3. The van der Waals surface area contributed by atoms with Gasteiger partial charge in [0.2, 0.25) is 5.75 Å². The van der Waals surface area contributed by atoms with E-state index >= 15 is 0 Å². The van der Waals surface area contributed by atoms with Crippen molar-refractivity contribution in [2.45, 2.75) is 0 Å². The molecular formula is C26H24FN3O7. The number of amides is 2. The van der Waals surface area contributed by atoms with Gasteiger partial charge in [-0.15, -0.1) is 0 Å². The van der Waals surface area contributed by atoms with Crippen molar-refractivity contribution in [2.24, 2.45) is 5.10 Å². The summed E-state index contributed by atoms with van der Waals surface area (Å²) in [7, 11) is 4.35. The number of methoxy groups -OCH3 is 3. The molecule has 0 heterocycles. The van der Waals surface area contributed by atoms with Crippen LogP contribution in [0.3, 0.4) is 0 Å². The lowest BCUT2D eigenvalue weighted by Gasteiger charge is -2.13. The first-order valence-electron chi connectivity index (χ1n) is 10.8. The maximum absolute atomic E-state index is 13.2. The maximum Gasteiger partial charge on any atom is 0.343 e. The zero-order valence-electron chi connectivity index (χ0n) is 20.2. The predicted molar refractivity (Wildman–Crippen MR) is 132 cm³/mol. The van der Waals surface area contributed by atoms with Crippen molar-refractivity contribution in [3.63, 3.8) is 0 Å². The van der Waals surface area contributed by atoms with Crippen LogP contribution in [0.2, 0.25) is 0 Å². The largest absolute Gasteiger partial charge is 0.493 e. The van der Waals surface area contributed by atoms with Gasteiger partial charge in [-0.2, -0.15) is 5.10 Å². The molecular weight excluding hydrogens is 485 g/mol. The SMILES string of the molecule is COc1cc(C(=O)Oc2ccc(C=NNC(=O)CNC(=O)c3cccc(F)c3)cc2)cc(OC)c1OC. The number of carbonyl (C=O) groups excluding carboxylic acids is 3. The molecule has 0 aliphatic heterocycles. The molecule has 0 spiro atoms. The smallest absolute Gasteiger partial charge is 0.343 e. The molecule has 0 unspecified atom stereocenters. The van der Waals surface area contributed by atoms with E-state index in [2.05, 4.69) is 15.8 Å². The van der Waals surface area contributed by atoms with Gasteiger partial charge in [0.05, 0.1) is 39.7 Å². The second-order valence-corrected chi connectivity index (χ2v) is 7.36. The zero-order valence-corrected chi connectivity index (χ0v) is 20.2. The van der Waals surface area contributed by atoms with Crippen LogP contribution in [0.1, 0.15) is 26.3 Å². The molecule has 0 saturated carbocycles. The van der Waals surface area contributed by atoms with Gasteiger partial charge in [0, 0.05) is 5.56 Å². The van der Waals surface area contributed by atoms with Crippen LogP contribution in [0.5, 0.6) is 23.0 Å². The lowest BCUT2D eigenvalue weighted by molar-refractivity contribution is -0.120. The third-order valence-electron chi connectivity index (χ3n) is 4.89. The highest BCUT2D eigenvalue weighted by Gasteiger charge is 2.18. The minimum atomic E-state index is -0.631. The third kappa shape index (κ3) is 7.28. The fraction of sp³-hybridized carbons (Fsp3) is 0.154. The van der Waals surface area contributed by atoms with E-state index in [1.807, 2.05) is 0 Å². The first kappa shape index (κ1) is 26.7. The van der Waals surface area contributed by atoms with Gasteiger partial charge in [-0.1, -0.05) is 6.07 Å². The van der Waals surface area contributed by atoms with Gasteiger partial charge in [-0.3, -0.25) is 9.59 Å². The predicted octanol–water partition coefficient (Wildman–Crippen LogP) is 2.95. The quantitative estimate of drug-likeness (QED) is 0.186. The number of halogens is 1. The second kappa shape index (κ2) is 12.7. The van der Waals surface area contributed by atoms with E-state index in [4.69, 9.17) is 18.9 Å². The van der Waals surface area contributed by atoms with E-state index < -0.39 is 23.6 Å². The van der Waals surface area contributed by atoms with Crippen LogP contribution in [0.25, 0.3) is 0 Å². The molecule has 0 radical (unpaired) electrons. The molecule has 0 bridgehead atoms. The van der Waals surface area contributed by atoms with Crippen molar-refractivity contribution in [3.8, 4) is 23.0 Å². The van der Waals surface area contributed by atoms with Gasteiger partial charge in [0.1, 0.15) is 11.6 Å². The number of esters is 1. The van der Waals surface area contributed by atoms with E-state index in [0.29, 0.717) is 22.8 Å². The first-order chi connectivity index (χ1) is 17.8. The van der Waals surface area contributed by atoms with Crippen LogP contribution < -0.4 is 29.7 Å². The van der Waals surface area contributed by atoms with Crippen molar-refractivity contribution in [1.29, 1.82) is 0 Å². The highest BCUT2D eigenvalue weighted by Crippen LogP contribution is 2.38. The average molecular weight is 509 g/mol. The maximum atomic E-state index is 13.2. The van der Waals surface area contributed by atoms with E-state index in [0.717, 1.165) is 6.07 Å². The topological polar surface area (TPSA) is 125 Å². The molecule has 0 aliphatic carbocycles. The summed E-state index contributed by atoms with van der Waals surface area (Å²) in [5.41, 5.74) is 3.18. The van der Waals surface area contributed by atoms with E-state index in [9.17, 15) is 18.8 Å². The van der Waals surface area contributed by atoms with Gasteiger partial charge in [0.15, 0.2) is 11.5 Å². The molecule has 0 aliphatic rings. The summed E-state index contributed by atoms with van der Waals surface area (Å²) in [6, 6.07) is 14.4. The molecule has 11 heteroatoms. The second-order valence-electron chi connectivity index (χ2n) is 7.36. The summed E-state index contributed by atoms with van der Waals surface area (Å²) < 4.78 is 34.3. The molecule has 10 nitrogen and oxygen atoms in total. The Kier molecular flexibility index (Phi) is 9.14. The Bertz CT molecular complexity index is 1280.